The van der Waals surface area contributed by atoms with E-state index in [2.05, 4.69) is 55.6 Å². The Morgan fingerprint density at radius 1 is 0.409 bits per heavy atom. The Labute approximate surface area is 529 Å². The van der Waals surface area contributed by atoms with Gasteiger partial charge in [-0.05, 0) is 64.2 Å². The summed E-state index contributed by atoms with van der Waals surface area (Å²) in [5.41, 5.74) is 0. The van der Waals surface area contributed by atoms with Gasteiger partial charge in [0, 0.05) is 6.42 Å². The zero-order valence-electron chi connectivity index (χ0n) is 54.2. The third-order valence-corrected chi connectivity index (χ3v) is 17.3. The van der Waals surface area contributed by atoms with Gasteiger partial charge in [0.25, 0.3) is 0 Å². The second kappa shape index (κ2) is 51.2. The highest BCUT2D eigenvalue weighted by Gasteiger charge is 2.53. The first-order valence-electron chi connectivity index (χ1n) is 34.9. The van der Waals surface area contributed by atoms with Crippen molar-refractivity contribution in [1.82, 2.24) is 5.32 Å². The van der Waals surface area contributed by atoms with Gasteiger partial charge in [-0.2, -0.15) is 0 Å². The number of carbonyl (C=O) groups is 1. The molecular formula is C69H125NO18. The molecule has 1 amide bonds. The van der Waals surface area contributed by atoms with E-state index in [0.29, 0.717) is 12.8 Å². The van der Waals surface area contributed by atoms with Crippen LogP contribution in [0.4, 0.5) is 0 Å². The maximum Gasteiger partial charge on any atom is 0.220 e. The quantitative estimate of drug-likeness (QED) is 0.0200. The smallest absolute Gasteiger partial charge is 0.220 e. The summed E-state index contributed by atoms with van der Waals surface area (Å²) in [6.07, 6.45) is 33.9. The van der Waals surface area contributed by atoms with Crippen LogP contribution < -0.4 is 5.32 Å². The molecule has 0 saturated carbocycles. The van der Waals surface area contributed by atoms with Crippen molar-refractivity contribution in [3.8, 4) is 0 Å². The minimum Gasteiger partial charge on any atom is -0.394 e. The molecule has 17 unspecified atom stereocenters. The van der Waals surface area contributed by atoms with E-state index in [1.165, 1.54) is 173 Å². The lowest BCUT2D eigenvalue weighted by molar-refractivity contribution is -0.379. The molecule has 3 heterocycles. The van der Waals surface area contributed by atoms with Crippen LogP contribution in [0.3, 0.4) is 0 Å². The lowest BCUT2D eigenvalue weighted by atomic mass is 9.96. The zero-order chi connectivity index (χ0) is 64.0. The van der Waals surface area contributed by atoms with Crippen molar-refractivity contribution in [1.29, 1.82) is 0 Å². The van der Waals surface area contributed by atoms with E-state index in [4.69, 9.17) is 28.4 Å². The van der Waals surface area contributed by atoms with Crippen molar-refractivity contribution in [3.05, 3.63) is 48.6 Å². The van der Waals surface area contributed by atoms with E-state index in [0.717, 1.165) is 44.9 Å². The van der Waals surface area contributed by atoms with Gasteiger partial charge >= 0.3 is 0 Å². The van der Waals surface area contributed by atoms with E-state index >= 15 is 0 Å². The van der Waals surface area contributed by atoms with Crippen LogP contribution in [0.15, 0.2) is 48.6 Å². The largest absolute Gasteiger partial charge is 0.394 e. The SMILES string of the molecule is CCCCCCC/C=C\C/C=C\CCCCCCCCCCCCCCCCCCCC(=O)NC(COC1OC(CO)C(OC2OC(CO)C(OC3OC(CO)C(O)C(O)C3O)C(O)C2O)C(O)C1O)C(O)/C=C/CC/C=C/CCCCCCCCCC. The monoisotopic (exact) mass is 1260 g/mol. The molecule has 12 N–H and O–H groups in total. The summed E-state index contributed by atoms with van der Waals surface area (Å²) < 4.78 is 34.3. The fraction of sp³-hybridized carbons (Fsp3) is 0.870. The van der Waals surface area contributed by atoms with Gasteiger partial charge in [0.1, 0.15) is 73.2 Å². The summed E-state index contributed by atoms with van der Waals surface area (Å²) in [5.74, 6) is -0.284. The topological polar surface area (TPSA) is 307 Å². The number of unbranched alkanes of at least 4 members (excludes halogenated alkanes) is 31. The van der Waals surface area contributed by atoms with Crippen molar-refractivity contribution >= 4 is 5.91 Å². The Morgan fingerprint density at radius 2 is 0.761 bits per heavy atom. The van der Waals surface area contributed by atoms with Gasteiger partial charge in [0.15, 0.2) is 18.9 Å². The Bertz CT molecular complexity index is 1790. The summed E-state index contributed by atoms with van der Waals surface area (Å²) in [6.45, 7) is 1.70. The Balaban J connectivity index is 1.40. The van der Waals surface area contributed by atoms with Gasteiger partial charge in [0.05, 0.1) is 38.6 Å². The van der Waals surface area contributed by atoms with Crippen LogP contribution in [0.5, 0.6) is 0 Å². The molecule has 0 aliphatic carbocycles. The maximum absolute atomic E-state index is 13.4. The van der Waals surface area contributed by atoms with E-state index < -0.39 is 124 Å². The Hall–Kier alpha value is -2.25. The average Bonchev–Trinajstić information content (AvgIpc) is 2.57. The van der Waals surface area contributed by atoms with Gasteiger partial charge in [-0.15, -0.1) is 0 Å². The molecule has 0 aromatic carbocycles. The molecule has 3 aliphatic heterocycles. The minimum atomic E-state index is -1.98. The second-order valence-corrected chi connectivity index (χ2v) is 25.0. The lowest BCUT2D eigenvalue weighted by Gasteiger charge is -2.48. The lowest BCUT2D eigenvalue weighted by Crippen LogP contribution is -2.66. The number of rotatable bonds is 53. The van der Waals surface area contributed by atoms with Crippen LogP contribution in [0.1, 0.15) is 251 Å². The predicted molar refractivity (Wildman–Crippen MR) is 342 cm³/mol. The van der Waals surface area contributed by atoms with E-state index in [9.17, 15) is 61.0 Å². The Kier molecular flexibility index (Phi) is 46.5. The second-order valence-electron chi connectivity index (χ2n) is 25.0. The molecule has 0 radical (unpaired) electrons. The number of ether oxygens (including phenoxy) is 6. The standard InChI is InChI=1S/C69H125NO18/c1-3-5-7-9-11-13-15-17-19-20-21-22-23-24-25-26-27-28-29-30-31-32-33-35-37-39-41-43-45-47-57(75)70-52(53(74)46-44-42-40-38-36-34-18-16-14-12-10-8-6-4-2)51-83-67-63(81)60(78)65(55(49-72)85-67)88-69-64(82)61(79)66(56(50-73)86-69)87-68-62(80)59(77)58(76)54(48-71)84-68/h15,17,20-21,36,38,44,46,52-56,58-69,71-74,76-82H,3-14,16,18-19,22-35,37,39-43,45,47-51H2,1-2H3,(H,70,75)/b17-15-,21-20-,38-36+,46-44+. The van der Waals surface area contributed by atoms with Gasteiger partial charge in [0.2, 0.25) is 5.91 Å². The van der Waals surface area contributed by atoms with Crippen LogP contribution >= 0.6 is 0 Å². The number of aliphatic hydroxyl groups is 11. The number of nitrogens with one attached hydrogen (secondary N) is 1. The van der Waals surface area contributed by atoms with Gasteiger partial charge in [-0.25, -0.2) is 0 Å². The molecule has 3 saturated heterocycles. The normalized spacial score (nSPS) is 28.7. The van der Waals surface area contributed by atoms with Crippen molar-refractivity contribution in [3.63, 3.8) is 0 Å². The highest BCUT2D eigenvalue weighted by molar-refractivity contribution is 5.76. The van der Waals surface area contributed by atoms with Gasteiger partial charge in [-0.1, -0.05) is 229 Å². The van der Waals surface area contributed by atoms with Crippen LogP contribution in [-0.2, 0) is 33.2 Å². The number of aliphatic hydroxyl groups excluding tert-OH is 11. The highest BCUT2D eigenvalue weighted by Crippen LogP contribution is 2.33. The molecule has 0 spiro atoms. The molecule has 17 atom stereocenters. The van der Waals surface area contributed by atoms with Crippen LogP contribution in [0, 0.1) is 0 Å². The molecule has 0 aromatic heterocycles. The fourth-order valence-electron chi connectivity index (χ4n) is 11.6. The van der Waals surface area contributed by atoms with Crippen molar-refractivity contribution in [2.24, 2.45) is 0 Å². The summed E-state index contributed by atoms with van der Waals surface area (Å²) in [7, 11) is 0. The zero-order valence-corrected chi connectivity index (χ0v) is 54.2. The van der Waals surface area contributed by atoms with E-state index in [-0.39, 0.29) is 18.9 Å². The maximum atomic E-state index is 13.4. The molecule has 0 aromatic rings. The fourth-order valence-corrected chi connectivity index (χ4v) is 11.6. The van der Waals surface area contributed by atoms with Gasteiger partial charge in [-0.3, -0.25) is 4.79 Å². The van der Waals surface area contributed by atoms with Crippen molar-refractivity contribution in [2.75, 3.05) is 26.4 Å². The molecular weight excluding hydrogens is 1130 g/mol. The van der Waals surface area contributed by atoms with E-state index in [1.807, 2.05) is 6.08 Å². The number of allylic oxidation sites excluding steroid dienone is 7. The van der Waals surface area contributed by atoms with Crippen LogP contribution in [0.2, 0.25) is 0 Å². The van der Waals surface area contributed by atoms with Crippen molar-refractivity contribution in [2.45, 2.75) is 356 Å². The Morgan fingerprint density at radius 3 is 1.20 bits per heavy atom. The molecule has 88 heavy (non-hydrogen) atoms. The summed E-state index contributed by atoms with van der Waals surface area (Å²) >= 11 is 0. The summed E-state index contributed by atoms with van der Waals surface area (Å²) in [4.78, 5) is 13.4. The molecule has 19 nitrogen and oxygen atoms in total. The molecule has 0 bridgehead atoms. The highest BCUT2D eigenvalue weighted by atomic mass is 16.8. The molecule has 19 heteroatoms. The van der Waals surface area contributed by atoms with Crippen LogP contribution in [0.25, 0.3) is 0 Å². The number of hydrogen-bond donors (Lipinski definition) is 12. The summed E-state index contributed by atoms with van der Waals surface area (Å²) in [5, 5.41) is 120. The van der Waals surface area contributed by atoms with Gasteiger partial charge < -0.3 is 89.9 Å². The first-order valence-corrected chi connectivity index (χ1v) is 34.9. The minimum absolute atomic E-state index is 0.236. The number of hydrogen-bond acceptors (Lipinski definition) is 18. The number of carbonyl (C=O) groups excluding carboxylic acids is 1. The van der Waals surface area contributed by atoms with Crippen molar-refractivity contribution < 1.29 is 89.4 Å². The first kappa shape index (κ1) is 80.0. The molecule has 3 aliphatic rings. The molecule has 3 fully saturated rings. The number of amides is 1. The third-order valence-electron chi connectivity index (χ3n) is 17.3. The average molecular weight is 1260 g/mol. The summed E-state index contributed by atoms with van der Waals surface area (Å²) in [6, 6.07) is -0.989. The molecule has 514 valence electrons. The van der Waals surface area contributed by atoms with E-state index in [1.54, 1.807) is 6.08 Å². The predicted octanol–water partition coefficient (Wildman–Crippen LogP) is 9.00. The van der Waals surface area contributed by atoms with Crippen LogP contribution in [-0.4, -0.2) is 193 Å². The molecule has 3 rings (SSSR count). The first-order chi connectivity index (χ1) is 42.8. The third kappa shape index (κ3) is 33.0.